The van der Waals surface area contributed by atoms with Crippen LogP contribution in [0.25, 0.3) is 52.3 Å². The summed E-state index contributed by atoms with van der Waals surface area (Å²) in [4.78, 5) is 2.41. The topological polar surface area (TPSA) is 3.24 Å². The summed E-state index contributed by atoms with van der Waals surface area (Å²) >= 11 is 0.287. The first-order valence-electron chi connectivity index (χ1n) is 14.3. The van der Waals surface area contributed by atoms with Gasteiger partial charge in [0, 0.05) is 0 Å². The molecule has 0 aliphatic rings. The Kier molecular flexibility index (Phi) is 6.22. The van der Waals surface area contributed by atoms with E-state index in [4.69, 9.17) is 0 Å². The van der Waals surface area contributed by atoms with Crippen molar-refractivity contribution >= 4 is 61.6 Å². The van der Waals surface area contributed by atoms with Gasteiger partial charge in [0.25, 0.3) is 0 Å². The van der Waals surface area contributed by atoms with Gasteiger partial charge in [-0.05, 0) is 0 Å². The quantitative estimate of drug-likeness (QED) is 0.178. The van der Waals surface area contributed by atoms with Crippen LogP contribution in [0.5, 0.6) is 0 Å². The number of benzene rings is 7. The predicted octanol–water partition coefficient (Wildman–Crippen LogP) is 11.0. The van der Waals surface area contributed by atoms with E-state index in [1.54, 1.807) is 0 Å². The molecule has 0 aliphatic heterocycles. The molecule has 0 atom stereocenters. The molecule has 7 aromatic carbocycles. The van der Waals surface area contributed by atoms with Gasteiger partial charge in [-0.2, -0.15) is 0 Å². The number of hydrogen-bond donors (Lipinski definition) is 0. The van der Waals surface area contributed by atoms with Crippen molar-refractivity contribution in [1.29, 1.82) is 0 Å². The molecule has 2 heteroatoms. The number of hydrogen-bond acceptors (Lipinski definition) is 1. The third-order valence-corrected chi connectivity index (χ3v) is 10.6. The van der Waals surface area contributed by atoms with Gasteiger partial charge in [0.15, 0.2) is 0 Å². The molecule has 1 nitrogen and oxygen atoms in total. The van der Waals surface area contributed by atoms with Gasteiger partial charge in [0.1, 0.15) is 0 Å². The van der Waals surface area contributed by atoms with Crippen LogP contribution in [0.2, 0.25) is 0 Å². The molecule has 0 saturated carbocycles. The maximum atomic E-state index is 2.41. The predicted molar refractivity (Wildman–Crippen MR) is 181 cm³/mol. The second-order valence-electron chi connectivity index (χ2n) is 10.6. The van der Waals surface area contributed by atoms with Crippen LogP contribution in [0.4, 0.5) is 17.1 Å². The van der Waals surface area contributed by atoms with E-state index in [-0.39, 0.29) is 14.5 Å². The fourth-order valence-corrected chi connectivity index (χ4v) is 8.57. The van der Waals surface area contributed by atoms with Gasteiger partial charge in [-0.1, -0.05) is 0 Å². The standard InChI is InChI=1S/C40H27NSe/c1-3-11-28(12-4-1)31-15-9-17-33(25-31)41(34-18-10-16-32(26-34)29-13-5-2-6-14-29)35-23-21-30-22-24-37-36-19-7-8-20-39(36)42-40(37)38(30)27-35/h1-27H. The molecule has 198 valence electrons. The van der Waals surface area contributed by atoms with Crippen LogP contribution in [0.15, 0.2) is 164 Å². The average molecular weight is 601 g/mol. The molecule has 1 heterocycles. The molecule has 0 unspecified atom stereocenters. The summed E-state index contributed by atoms with van der Waals surface area (Å²) in [7, 11) is 0. The average Bonchev–Trinajstić information content (AvgIpc) is 3.45. The number of nitrogens with zero attached hydrogens (tertiary/aromatic N) is 1. The molecule has 0 fully saturated rings. The van der Waals surface area contributed by atoms with E-state index in [2.05, 4.69) is 169 Å². The minimum atomic E-state index is 0.287. The third kappa shape index (κ3) is 4.43. The molecule has 0 saturated heterocycles. The van der Waals surface area contributed by atoms with Crippen molar-refractivity contribution in [2.45, 2.75) is 0 Å². The Hall–Kier alpha value is -4.88. The summed E-state index contributed by atoms with van der Waals surface area (Å²) < 4.78 is 2.96. The first-order valence-corrected chi connectivity index (χ1v) is 16.0. The fourth-order valence-electron chi connectivity index (χ4n) is 5.99. The van der Waals surface area contributed by atoms with Crippen LogP contribution in [-0.2, 0) is 0 Å². The zero-order valence-electron chi connectivity index (χ0n) is 22.9. The van der Waals surface area contributed by atoms with Gasteiger partial charge in [-0.15, -0.1) is 0 Å². The summed E-state index contributed by atoms with van der Waals surface area (Å²) in [6.07, 6.45) is 0. The second kappa shape index (κ2) is 10.5. The van der Waals surface area contributed by atoms with Gasteiger partial charge in [-0.25, -0.2) is 0 Å². The van der Waals surface area contributed by atoms with E-state index < -0.39 is 0 Å². The van der Waals surface area contributed by atoms with Gasteiger partial charge in [-0.3, -0.25) is 0 Å². The van der Waals surface area contributed by atoms with E-state index >= 15 is 0 Å². The molecule has 0 aliphatic carbocycles. The van der Waals surface area contributed by atoms with Crippen LogP contribution in [-0.4, -0.2) is 14.5 Å². The molecule has 0 N–H and O–H groups in total. The van der Waals surface area contributed by atoms with Gasteiger partial charge < -0.3 is 0 Å². The van der Waals surface area contributed by atoms with Gasteiger partial charge in [0.2, 0.25) is 0 Å². The molecular weight excluding hydrogens is 573 g/mol. The maximum absolute atomic E-state index is 2.41. The van der Waals surface area contributed by atoms with Crippen molar-refractivity contribution in [3.63, 3.8) is 0 Å². The molecule has 0 bridgehead atoms. The molecular formula is C40H27NSe. The monoisotopic (exact) mass is 601 g/mol. The van der Waals surface area contributed by atoms with Crippen LogP contribution in [0, 0.1) is 0 Å². The minimum absolute atomic E-state index is 0.287. The van der Waals surface area contributed by atoms with E-state index in [0.717, 1.165) is 17.1 Å². The third-order valence-electron chi connectivity index (χ3n) is 8.03. The van der Waals surface area contributed by atoms with Gasteiger partial charge in [0.05, 0.1) is 0 Å². The van der Waals surface area contributed by atoms with E-state index in [1.807, 2.05) is 0 Å². The van der Waals surface area contributed by atoms with Crippen molar-refractivity contribution in [2.75, 3.05) is 4.90 Å². The van der Waals surface area contributed by atoms with Crippen LogP contribution < -0.4 is 4.90 Å². The van der Waals surface area contributed by atoms with Gasteiger partial charge >= 0.3 is 253 Å². The zero-order valence-corrected chi connectivity index (χ0v) is 24.7. The summed E-state index contributed by atoms with van der Waals surface area (Å²) in [5, 5.41) is 5.43. The SMILES string of the molecule is c1ccc(-c2cccc(N(c3cccc(-c4ccccc4)c3)c3ccc4ccc5c6ccccc6[se]c5c4c3)c2)cc1. The van der Waals surface area contributed by atoms with Crippen LogP contribution >= 0.6 is 0 Å². The molecule has 8 rings (SSSR count). The second-order valence-corrected chi connectivity index (χ2v) is 12.8. The fraction of sp³-hybridized carbons (Fsp3) is 0. The van der Waals surface area contributed by atoms with Crippen molar-refractivity contribution in [2.24, 2.45) is 0 Å². The van der Waals surface area contributed by atoms with E-state index in [9.17, 15) is 0 Å². The number of fused-ring (bicyclic) bond motifs is 5. The first-order chi connectivity index (χ1) is 20.8. The van der Waals surface area contributed by atoms with E-state index in [0.29, 0.717) is 0 Å². The molecule has 42 heavy (non-hydrogen) atoms. The molecule has 0 amide bonds. The summed E-state index contributed by atoms with van der Waals surface area (Å²) in [6.45, 7) is 0. The van der Waals surface area contributed by atoms with Crippen LogP contribution in [0.3, 0.4) is 0 Å². The Morgan fingerprint density at radius 1 is 0.357 bits per heavy atom. The Bertz CT molecular complexity index is 2110. The molecule has 0 spiro atoms. The van der Waals surface area contributed by atoms with E-state index in [1.165, 1.54) is 52.3 Å². The number of anilines is 3. The van der Waals surface area contributed by atoms with Crippen molar-refractivity contribution in [3.8, 4) is 22.3 Å². The Balaban J connectivity index is 1.35. The molecule has 0 radical (unpaired) electrons. The van der Waals surface area contributed by atoms with Crippen LogP contribution in [0.1, 0.15) is 0 Å². The first kappa shape index (κ1) is 24.9. The zero-order chi connectivity index (χ0) is 27.9. The number of rotatable bonds is 5. The summed E-state index contributed by atoms with van der Waals surface area (Å²) in [6, 6.07) is 59.5. The van der Waals surface area contributed by atoms with Crippen molar-refractivity contribution in [3.05, 3.63) is 164 Å². The van der Waals surface area contributed by atoms with Crippen molar-refractivity contribution in [1.82, 2.24) is 0 Å². The van der Waals surface area contributed by atoms with Crippen molar-refractivity contribution < 1.29 is 0 Å². The molecule has 1 aromatic heterocycles. The summed E-state index contributed by atoms with van der Waals surface area (Å²) in [5.74, 6) is 0. The molecule has 8 aromatic rings. The Morgan fingerprint density at radius 3 is 1.57 bits per heavy atom. The summed E-state index contributed by atoms with van der Waals surface area (Å²) in [5.41, 5.74) is 8.29. The Labute approximate surface area is 251 Å². The Morgan fingerprint density at radius 2 is 0.905 bits per heavy atom. The normalized spacial score (nSPS) is 11.3.